The van der Waals surface area contributed by atoms with Crippen LogP contribution in [0, 0.1) is 13.8 Å². The van der Waals surface area contributed by atoms with E-state index in [1.807, 2.05) is 0 Å². The van der Waals surface area contributed by atoms with Crippen LogP contribution in [0.1, 0.15) is 17.5 Å². The van der Waals surface area contributed by atoms with Crippen LogP contribution in [-0.2, 0) is 9.53 Å². The standard InChI is InChI=1S/C15H23NO3S/c1-11-4-5-14(8-12(11)2)20-7-6-15(18)16-9-13(17)10-19-3/h4-5,8,13,17H,6-7,9-10H2,1-3H3,(H,16,18). The number of aliphatic hydroxyl groups excluding tert-OH is 1. The predicted molar refractivity (Wildman–Crippen MR) is 82.1 cm³/mol. The fourth-order valence-electron chi connectivity index (χ4n) is 1.64. The van der Waals surface area contributed by atoms with Crippen molar-refractivity contribution in [3.05, 3.63) is 29.3 Å². The molecule has 0 aliphatic heterocycles. The average molecular weight is 297 g/mol. The van der Waals surface area contributed by atoms with Crippen molar-refractivity contribution in [3.8, 4) is 0 Å². The Morgan fingerprint density at radius 2 is 2.15 bits per heavy atom. The molecule has 1 atom stereocenters. The number of aliphatic hydroxyl groups is 1. The summed E-state index contributed by atoms with van der Waals surface area (Å²) in [6.07, 6.45) is -0.201. The molecular formula is C15H23NO3S. The van der Waals surface area contributed by atoms with Crippen LogP contribution in [0.5, 0.6) is 0 Å². The SMILES string of the molecule is COCC(O)CNC(=O)CCSc1ccc(C)c(C)c1. The summed E-state index contributed by atoms with van der Waals surface area (Å²) in [6.45, 7) is 4.64. The van der Waals surface area contributed by atoms with Crippen LogP contribution in [0.25, 0.3) is 0 Å². The molecule has 0 heterocycles. The van der Waals surface area contributed by atoms with Crippen molar-refractivity contribution in [2.24, 2.45) is 0 Å². The zero-order valence-corrected chi connectivity index (χ0v) is 13.1. The molecule has 0 aliphatic rings. The van der Waals surface area contributed by atoms with Gasteiger partial charge in [0.05, 0.1) is 12.7 Å². The molecule has 0 bridgehead atoms. The van der Waals surface area contributed by atoms with Crippen molar-refractivity contribution in [1.82, 2.24) is 5.32 Å². The number of amides is 1. The minimum Gasteiger partial charge on any atom is -0.389 e. The zero-order chi connectivity index (χ0) is 15.0. The molecule has 4 nitrogen and oxygen atoms in total. The molecule has 0 saturated heterocycles. The van der Waals surface area contributed by atoms with Gasteiger partial charge in [0.25, 0.3) is 0 Å². The number of nitrogens with one attached hydrogen (secondary N) is 1. The molecule has 0 fully saturated rings. The molecule has 112 valence electrons. The van der Waals surface area contributed by atoms with Crippen molar-refractivity contribution < 1.29 is 14.6 Å². The minimum atomic E-state index is -0.642. The molecule has 2 N–H and O–H groups in total. The third-order valence-corrected chi connectivity index (χ3v) is 3.97. The van der Waals surface area contributed by atoms with Gasteiger partial charge in [0, 0.05) is 30.7 Å². The number of rotatable bonds is 8. The summed E-state index contributed by atoms with van der Waals surface area (Å²) >= 11 is 1.67. The number of thioether (sulfide) groups is 1. The van der Waals surface area contributed by atoms with E-state index < -0.39 is 6.10 Å². The van der Waals surface area contributed by atoms with Crippen molar-refractivity contribution in [1.29, 1.82) is 0 Å². The number of aryl methyl sites for hydroxylation is 2. The van der Waals surface area contributed by atoms with Gasteiger partial charge in [-0.3, -0.25) is 4.79 Å². The van der Waals surface area contributed by atoms with E-state index in [9.17, 15) is 9.90 Å². The average Bonchev–Trinajstić information content (AvgIpc) is 2.41. The van der Waals surface area contributed by atoms with Crippen molar-refractivity contribution in [2.75, 3.05) is 26.0 Å². The third-order valence-electron chi connectivity index (χ3n) is 2.97. The number of carbonyl (C=O) groups excluding carboxylic acids is 1. The molecule has 1 rings (SSSR count). The van der Waals surface area contributed by atoms with Crippen LogP contribution >= 0.6 is 11.8 Å². The molecule has 0 saturated carbocycles. The number of ether oxygens (including phenoxy) is 1. The van der Waals surface area contributed by atoms with E-state index >= 15 is 0 Å². The molecule has 20 heavy (non-hydrogen) atoms. The van der Waals surface area contributed by atoms with Crippen molar-refractivity contribution in [2.45, 2.75) is 31.3 Å². The topological polar surface area (TPSA) is 58.6 Å². The Hall–Kier alpha value is -1.04. The quantitative estimate of drug-likeness (QED) is 0.720. The lowest BCUT2D eigenvalue weighted by Gasteiger charge is -2.10. The Bertz CT molecular complexity index is 437. The highest BCUT2D eigenvalue weighted by atomic mass is 32.2. The lowest BCUT2D eigenvalue weighted by atomic mass is 10.1. The smallest absolute Gasteiger partial charge is 0.220 e. The van der Waals surface area contributed by atoms with Gasteiger partial charge < -0.3 is 15.2 Å². The maximum absolute atomic E-state index is 11.6. The Balaban J connectivity index is 2.23. The first kappa shape index (κ1) is 17.0. The Labute approximate surface area is 124 Å². The molecule has 0 aliphatic carbocycles. The highest BCUT2D eigenvalue weighted by Gasteiger charge is 2.07. The molecule has 1 amide bonds. The molecular weight excluding hydrogens is 274 g/mol. The predicted octanol–water partition coefficient (Wildman–Crippen LogP) is 1.91. The van der Waals surface area contributed by atoms with Gasteiger partial charge in [0.15, 0.2) is 0 Å². The number of hydrogen-bond donors (Lipinski definition) is 2. The number of benzene rings is 1. The van der Waals surface area contributed by atoms with Crippen LogP contribution < -0.4 is 5.32 Å². The van der Waals surface area contributed by atoms with Gasteiger partial charge >= 0.3 is 0 Å². The Kier molecular flexibility index (Phi) is 7.65. The minimum absolute atomic E-state index is 0.0449. The largest absolute Gasteiger partial charge is 0.389 e. The summed E-state index contributed by atoms with van der Waals surface area (Å²) in [5, 5.41) is 12.1. The molecule has 0 aromatic heterocycles. The summed E-state index contributed by atoms with van der Waals surface area (Å²) < 4.78 is 4.79. The Morgan fingerprint density at radius 1 is 1.40 bits per heavy atom. The van der Waals surface area contributed by atoms with Crippen LogP contribution in [0.3, 0.4) is 0 Å². The second-order valence-corrected chi connectivity index (χ2v) is 5.93. The van der Waals surface area contributed by atoms with Crippen LogP contribution in [0.15, 0.2) is 23.1 Å². The highest BCUT2D eigenvalue weighted by Crippen LogP contribution is 2.21. The van der Waals surface area contributed by atoms with E-state index in [0.29, 0.717) is 6.42 Å². The first-order valence-electron chi connectivity index (χ1n) is 6.66. The second kappa shape index (κ2) is 9.00. The van der Waals surface area contributed by atoms with E-state index in [0.717, 1.165) is 5.75 Å². The third kappa shape index (κ3) is 6.41. The van der Waals surface area contributed by atoms with Gasteiger partial charge in [0.2, 0.25) is 5.91 Å². The molecule has 0 radical (unpaired) electrons. The fourth-order valence-corrected chi connectivity index (χ4v) is 2.58. The maximum Gasteiger partial charge on any atom is 0.220 e. The van der Waals surface area contributed by atoms with Gasteiger partial charge in [-0.2, -0.15) is 0 Å². The van der Waals surface area contributed by atoms with Crippen molar-refractivity contribution in [3.63, 3.8) is 0 Å². The summed E-state index contributed by atoms with van der Waals surface area (Å²) in [5.41, 5.74) is 2.54. The summed E-state index contributed by atoms with van der Waals surface area (Å²) in [5.74, 6) is 0.686. The van der Waals surface area contributed by atoms with Gasteiger partial charge in [0.1, 0.15) is 0 Å². The number of hydrogen-bond acceptors (Lipinski definition) is 4. The van der Waals surface area contributed by atoms with E-state index in [-0.39, 0.29) is 19.1 Å². The van der Waals surface area contributed by atoms with Gasteiger partial charge in [-0.15, -0.1) is 11.8 Å². The van der Waals surface area contributed by atoms with Gasteiger partial charge in [-0.25, -0.2) is 0 Å². The molecule has 0 spiro atoms. The highest BCUT2D eigenvalue weighted by molar-refractivity contribution is 7.99. The Morgan fingerprint density at radius 3 is 2.80 bits per heavy atom. The van der Waals surface area contributed by atoms with Crippen molar-refractivity contribution >= 4 is 17.7 Å². The normalized spacial score (nSPS) is 12.2. The van der Waals surface area contributed by atoms with E-state index in [4.69, 9.17) is 4.74 Å². The summed E-state index contributed by atoms with van der Waals surface area (Å²) in [4.78, 5) is 12.8. The van der Waals surface area contributed by atoms with Gasteiger partial charge in [-0.1, -0.05) is 6.07 Å². The molecule has 5 heteroatoms. The van der Waals surface area contributed by atoms with Crippen LogP contribution in [0.4, 0.5) is 0 Å². The molecule has 1 aromatic carbocycles. The van der Waals surface area contributed by atoms with E-state index in [1.54, 1.807) is 11.8 Å². The lowest BCUT2D eigenvalue weighted by Crippen LogP contribution is -2.34. The molecule has 1 aromatic rings. The summed E-state index contributed by atoms with van der Waals surface area (Å²) in [6, 6.07) is 6.31. The zero-order valence-electron chi connectivity index (χ0n) is 12.3. The van der Waals surface area contributed by atoms with Gasteiger partial charge in [-0.05, 0) is 37.1 Å². The molecule has 1 unspecified atom stereocenters. The first-order chi connectivity index (χ1) is 9.52. The lowest BCUT2D eigenvalue weighted by molar-refractivity contribution is -0.121. The monoisotopic (exact) mass is 297 g/mol. The van der Waals surface area contributed by atoms with Crippen LogP contribution in [-0.4, -0.2) is 43.1 Å². The maximum atomic E-state index is 11.6. The van der Waals surface area contributed by atoms with Crippen LogP contribution in [0.2, 0.25) is 0 Å². The van der Waals surface area contributed by atoms with E-state index in [1.165, 1.54) is 23.1 Å². The summed E-state index contributed by atoms with van der Waals surface area (Å²) in [7, 11) is 1.52. The van der Waals surface area contributed by atoms with E-state index in [2.05, 4.69) is 37.4 Å². The second-order valence-electron chi connectivity index (χ2n) is 4.76. The fraction of sp³-hybridized carbons (Fsp3) is 0.533. The first-order valence-corrected chi connectivity index (χ1v) is 7.65. The number of methoxy groups -OCH3 is 1. The number of carbonyl (C=O) groups is 1.